The largest absolute Gasteiger partial charge is 0.351 e. The lowest BCUT2D eigenvalue weighted by atomic mass is 10.4. The van der Waals surface area contributed by atoms with Gasteiger partial charge < -0.3 is 4.74 Å². The van der Waals surface area contributed by atoms with Crippen molar-refractivity contribution in [1.29, 1.82) is 0 Å². The van der Waals surface area contributed by atoms with Crippen LogP contribution in [0.3, 0.4) is 0 Å². The normalized spacial score (nSPS) is 12.0. The summed E-state index contributed by atoms with van der Waals surface area (Å²) in [6.07, 6.45) is 0. The molecule has 0 N–H and O–H groups in total. The molecule has 43 valence electrons. The highest BCUT2D eigenvalue weighted by Crippen LogP contribution is 2.05. The number of ether oxygens (including phenoxy) is 1. The average molecular weight is 105 g/mol. The van der Waals surface area contributed by atoms with Crippen LogP contribution in [0, 0.1) is 0 Å². The molecule has 0 aromatic carbocycles. The predicted octanol–water partition coefficient (Wildman–Crippen LogP) is 0.731. The standard InChI is InChI=1S/C4H9O3/c1-4(2,6-3)7-5/h1-3H3. The number of rotatable bonds is 2. The summed E-state index contributed by atoms with van der Waals surface area (Å²) in [6, 6.07) is 0. The Kier molecular flexibility index (Phi) is 2.22. The summed E-state index contributed by atoms with van der Waals surface area (Å²) in [5.74, 6) is -0.972. The molecule has 0 aliphatic carbocycles. The van der Waals surface area contributed by atoms with Crippen LogP contribution >= 0.6 is 0 Å². The minimum Gasteiger partial charge on any atom is -0.351 e. The fourth-order valence-corrected chi connectivity index (χ4v) is 0.0340. The highest BCUT2D eigenvalue weighted by Gasteiger charge is 2.16. The SMILES string of the molecule is COC(C)(C)O[O]. The Morgan fingerprint density at radius 1 is 1.43 bits per heavy atom. The van der Waals surface area contributed by atoms with Gasteiger partial charge in [-0.05, 0) is 19.1 Å². The van der Waals surface area contributed by atoms with Gasteiger partial charge in [-0.25, -0.2) is 0 Å². The van der Waals surface area contributed by atoms with E-state index in [1.165, 1.54) is 7.11 Å². The Morgan fingerprint density at radius 3 is 1.86 bits per heavy atom. The second kappa shape index (κ2) is 2.26. The van der Waals surface area contributed by atoms with E-state index >= 15 is 0 Å². The summed E-state index contributed by atoms with van der Waals surface area (Å²) < 4.78 is 4.55. The van der Waals surface area contributed by atoms with Crippen LogP contribution < -0.4 is 0 Å². The second-order valence-corrected chi connectivity index (χ2v) is 1.69. The van der Waals surface area contributed by atoms with Gasteiger partial charge in [-0.2, -0.15) is 4.89 Å². The van der Waals surface area contributed by atoms with Gasteiger partial charge in [-0.1, -0.05) is 0 Å². The zero-order chi connectivity index (χ0) is 5.91. The highest BCUT2D eigenvalue weighted by molar-refractivity contribution is 4.45. The molecule has 0 heterocycles. The van der Waals surface area contributed by atoms with Gasteiger partial charge in [-0.3, -0.25) is 0 Å². The van der Waals surface area contributed by atoms with E-state index in [0.29, 0.717) is 0 Å². The summed E-state index contributed by atoms with van der Waals surface area (Å²) >= 11 is 0. The fourth-order valence-electron chi connectivity index (χ4n) is 0.0340. The molecule has 7 heavy (non-hydrogen) atoms. The highest BCUT2D eigenvalue weighted by atomic mass is 17.1. The monoisotopic (exact) mass is 105 g/mol. The zero-order valence-corrected chi connectivity index (χ0v) is 4.72. The first-order valence-corrected chi connectivity index (χ1v) is 1.98. The lowest BCUT2D eigenvalue weighted by molar-refractivity contribution is -0.425. The molecule has 0 aromatic heterocycles. The molecule has 0 amide bonds. The first-order valence-electron chi connectivity index (χ1n) is 1.98. The van der Waals surface area contributed by atoms with E-state index in [-0.39, 0.29) is 0 Å². The van der Waals surface area contributed by atoms with Crippen LogP contribution in [-0.2, 0) is 14.9 Å². The van der Waals surface area contributed by atoms with Gasteiger partial charge in [-0.15, -0.1) is 0 Å². The average Bonchev–Trinajstić information content (AvgIpc) is 1.68. The number of hydrogen-bond donors (Lipinski definition) is 0. The van der Waals surface area contributed by atoms with Gasteiger partial charge in [0.25, 0.3) is 0 Å². The van der Waals surface area contributed by atoms with E-state index in [1.54, 1.807) is 13.8 Å². The Hall–Kier alpha value is -0.120. The smallest absolute Gasteiger partial charge is 0.198 e. The van der Waals surface area contributed by atoms with Crippen molar-refractivity contribution in [2.45, 2.75) is 19.6 Å². The van der Waals surface area contributed by atoms with Gasteiger partial charge >= 0.3 is 0 Å². The van der Waals surface area contributed by atoms with Crippen molar-refractivity contribution < 1.29 is 14.9 Å². The van der Waals surface area contributed by atoms with Crippen molar-refractivity contribution in [2.75, 3.05) is 7.11 Å². The summed E-state index contributed by atoms with van der Waals surface area (Å²) in [6.45, 7) is 3.08. The molecule has 0 spiro atoms. The maximum atomic E-state index is 9.56. The Labute approximate surface area is 42.8 Å². The quantitative estimate of drug-likeness (QED) is 0.295. The van der Waals surface area contributed by atoms with Crippen molar-refractivity contribution >= 4 is 0 Å². The number of methoxy groups -OCH3 is 1. The van der Waals surface area contributed by atoms with Crippen molar-refractivity contribution in [1.82, 2.24) is 0 Å². The van der Waals surface area contributed by atoms with Crippen LogP contribution in [0.1, 0.15) is 13.8 Å². The first kappa shape index (κ1) is 6.88. The van der Waals surface area contributed by atoms with Crippen molar-refractivity contribution in [2.24, 2.45) is 0 Å². The predicted molar refractivity (Wildman–Crippen MR) is 22.9 cm³/mol. The van der Waals surface area contributed by atoms with Gasteiger partial charge in [0.15, 0.2) is 5.79 Å². The van der Waals surface area contributed by atoms with Crippen LogP contribution in [0.2, 0.25) is 0 Å². The van der Waals surface area contributed by atoms with Crippen molar-refractivity contribution in [3.63, 3.8) is 0 Å². The Morgan fingerprint density at radius 2 is 1.86 bits per heavy atom. The molecule has 3 nitrogen and oxygen atoms in total. The molecule has 0 aliphatic rings. The molecule has 0 rings (SSSR count). The summed E-state index contributed by atoms with van der Waals surface area (Å²) in [5.41, 5.74) is 0. The van der Waals surface area contributed by atoms with Gasteiger partial charge in [0.2, 0.25) is 0 Å². The van der Waals surface area contributed by atoms with E-state index < -0.39 is 5.79 Å². The maximum Gasteiger partial charge on any atom is 0.198 e. The molecule has 0 unspecified atom stereocenters. The second-order valence-electron chi connectivity index (χ2n) is 1.69. The van der Waals surface area contributed by atoms with E-state index in [2.05, 4.69) is 9.62 Å². The molecule has 3 heteroatoms. The van der Waals surface area contributed by atoms with E-state index in [4.69, 9.17) is 0 Å². The van der Waals surface area contributed by atoms with Crippen molar-refractivity contribution in [3.05, 3.63) is 0 Å². The van der Waals surface area contributed by atoms with Crippen molar-refractivity contribution in [3.8, 4) is 0 Å². The van der Waals surface area contributed by atoms with E-state index in [0.717, 1.165) is 0 Å². The third-order valence-corrected chi connectivity index (χ3v) is 0.692. The van der Waals surface area contributed by atoms with Crippen LogP contribution in [0.5, 0.6) is 0 Å². The third kappa shape index (κ3) is 2.56. The van der Waals surface area contributed by atoms with Crippen LogP contribution in [0.4, 0.5) is 0 Å². The molecule has 0 fully saturated rings. The third-order valence-electron chi connectivity index (χ3n) is 0.692. The molecular formula is C4H9O3. The van der Waals surface area contributed by atoms with Crippen LogP contribution in [0.15, 0.2) is 0 Å². The van der Waals surface area contributed by atoms with Crippen LogP contribution in [-0.4, -0.2) is 12.9 Å². The number of hydrogen-bond acceptors (Lipinski definition) is 2. The van der Waals surface area contributed by atoms with E-state index in [9.17, 15) is 5.26 Å². The van der Waals surface area contributed by atoms with Gasteiger partial charge in [0, 0.05) is 7.11 Å². The molecule has 0 saturated carbocycles. The molecular weight excluding hydrogens is 96.0 g/mol. The Bertz CT molecular complexity index is 44.9. The summed E-state index contributed by atoms with van der Waals surface area (Å²) in [4.78, 5) is 3.61. The van der Waals surface area contributed by atoms with Gasteiger partial charge in [0.05, 0.1) is 0 Å². The Balaban J connectivity index is 3.36. The molecule has 0 aliphatic heterocycles. The molecule has 0 aromatic rings. The summed E-state index contributed by atoms with van der Waals surface area (Å²) in [7, 11) is 1.41. The zero-order valence-electron chi connectivity index (χ0n) is 4.72. The minimum atomic E-state index is -0.972. The topological polar surface area (TPSA) is 38.4 Å². The van der Waals surface area contributed by atoms with Gasteiger partial charge in [0.1, 0.15) is 0 Å². The first-order chi connectivity index (χ1) is 3.12. The minimum absolute atomic E-state index is 0.972. The molecule has 0 saturated heterocycles. The van der Waals surface area contributed by atoms with Crippen LogP contribution in [0.25, 0.3) is 0 Å². The molecule has 1 radical (unpaired) electrons. The molecule has 0 atom stereocenters. The lowest BCUT2D eigenvalue weighted by Gasteiger charge is -2.15. The lowest BCUT2D eigenvalue weighted by Crippen LogP contribution is -2.23. The molecule has 0 bridgehead atoms. The maximum absolute atomic E-state index is 9.56. The van der Waals surface area contributed by atoms with E-state index in [1.807, 2.05) is 0 Å². The summed E-state index contributed by atoms with van der Waals surface area (Å²) in [5, 5.41) is 9.56. The fraction of sp³-hybridized carbons (Fsp3) is 1.00.